The van der Waals surface area contributed by atoms with E-state index in [1.165, 1.54) is 18.2 Å². The van der Waals surface area contributed by atoms with E-state index in [0.29, 0.717) is 5.75 Å². The Morgan fingerprint density at radius 2 is 1.68 bits per heavy atom. The molecule has 0 fully saturated rings. The van der Waals surface area contributed by atoms with Crippen LogP contribution in [-0.2, 0) is 28.0 Å². The topological polar surface area (TPSA) is 47.6 Å². The maximum atomic E-state index is 11.1. The van der Waals surface area contributed by atoms with Crippen molar-refractivity contribution in [2.75, 3.05) is 13.7 Å². The van der Waals surface area contributed by atoms with Crippen molar-refractivity contribution >= 4 is 5.97 Å². The summed E-state index contributed by atoms with van der Waals surface area (Å²) in [5, 5.41) is 3.43. The highest BCUT2D eigenvalue weighted by Crippen LogP contribution is 2.22. The van der Waals surface area contributed by atoms with Gasteiger partial charge in [-0.1, -0.05) is 57.2 Å². The van der Waals surface area contributed by atoms with Gasteiger partial charge >= 0.3 is 5.97 Å². The van der Waals surface area contributed by atoms with E-state index in [1.54, 1.807) is 0 Å². The lowest BCUT2D eigenvalue weighted by molar-refractivity contribution is -0.142. The molecule has 0 radical (unpaired) electrons. The Morgan fingerprint density at radius 1 is 1.00 bits per heavy atom. The molecule has 0 unspecified atom stereocenters. The van der Waals surface area contributed by atoms with Crippen LogP contribution in [0.15, 0.2) is 48.5 Å². The van der Waals surface area contributed by atoms with E-state index in [1.807, 2.05) is 24.3 Å². The molecule has 0 saturated carbocycles. The lowest BCUT2D eigenvalue weighted by Gasteiger charge is -2.19. The Morgan fingerprint density at radius 3 is 2.32 bits per heavy atom. The molecule has 0 spiro atoms. The van der Waals surface area contributed by atoms with Crippen molar-refractivity contribution in [3.05, 3.63) is 65.2 Å². The Balaban J connectivity index is 1.84. The zero-order valence-corrected chi connectivity index (χ0v) is 15.5. The highest BCUT2D eigenvalue weighted by Gasteiger charge is 2.12. The molecule has 2 aromatic rings. The predicted octanol–water partition coefficient (Wildman–Crippen LogP) is 3.83. The largest absolute Gasteiger partial charge is 0.482 e. The monoisotopic (exact) mass is 341 g/mol. The van der Waals surface area contributed by atoms with Crippen molar-refractivity contribution in [2.24, 2.45) is 0 Å². The average Bonchev–Trinajstić information content (AvgIpc) is 2.60. The van der Waals surface area contributed by atoms with Crippen LogP contribution in [0, 0.1) is 0 Å². The summed E-state index contributed by atoms with van der Waals surface area (Å²) in [6.07, 6.45) is 0. The van der Waals surface area contributed by atoms with Crippen molar-refractivity contribution in [1.82, 2.24) is 5.32 Å². The molecular formula is C21H27NO3. The smallest absolute Gasteiger partial charge is 0.343 e. The van der Waals surface area contributed by atoms with Gasteiger partial charge in [-0.2, -0.15) is 0 Å². The molecule has 134 valence electrons. The van der Waals surface area contributed by atoms with Crippen LogP contribution >= 0.6 is 0 Å². The van der Waals surface area contributed by atoms with Gasteiger partial charge in [-0.15, -0.1) is 0 Å². The van der Waals surface area contributed by atoms with Gasteiger partial charge < -0.3 is 14.8 Å². The van der Waals surface area contributed by atoms with E-state index in [-0.39, 0.29) is 18.0 Å². The standard InChI is InChI=1S/C21H27NO3/c1-21(2,3)18-10-8-16(9-11-18)13-22-14-17-6-5-7-19(12-17)25-15-20(23)24-4/h5-12,22H,13-15H2,1-4H3. The number of methoxy groups -OCH3 is 1. The Kier molecular flexibility index (Phi) is 6.59. The first kappa shape index (κ1) is 19.0. The molecule has 4 nitrogen and oxygen atoms in total. The van der Waals surface area contributed by atoms with Crippen LogP contribution < -0.4 is 10.1 Å². The summed E-state index contributed by atoms with van der Waals surface area (Å²) < 4.78 is 9.98. The Hall–Kier alpha value is -2.33. The fraction of sp³-hybridized carbons (Fsp3) is 0.381. The zero-order chi connectivity index (χ0) is 18.3. The molecule has 25 heavy (non-hydrogen) atoms. The van der Waals surface area contributed by atoms with Crippen LogP contribution in [0.3, 0.4) is 0 Å². The summed E-state index contributed by atoms with van der Waals surface area (Å²) in [6, 6.07) is 16.4. The maximum Gasteiger partial charge on any atom is 0.343 e. The van der Waals surface area contributed by atoms with E-state index >= 15 is 0 Å². The summed E-state index contributed by atoms with van der Waals surface area (Å²) in [7, 11) is 1.35. The minimum atomic E-state index is -0.387. The van der Waals surface area contributed by atoms with Gasteiger partial charge in [0.2, 0.25) is 0 Å². The molecule has 0 amide bonds. The van der Waals surface area contributed by atoms with E-state index in [2.05, 4.69) is 55.1 Å². The highest BCUT2D eigenvalue weighted by molar-refractivity contribution is 5.70. The van der Waals surface area contributed by atoms with Crippen molar-refractivity contribution < 1.29 is 14.3 Å². The van der Waals surface area contributed by atoms with Gasteiger partial charge in [0.15, 0.2) is 6.61 Å². The number of ether oxygens (including phenoxy) is 2. The van der Waals surface area contributed by atoms with Crippen LogP contribution in [0.4, 0.5) is 0 Å². The van der Waals surface area contributed by atoms with Gasteiger partial charge in [0.1, 0.15) is 5.75 Å². The van der Waals surface area contributed by atoms with Crippen LogP contribution in [-0.4, -0.2) is 19.7 Å². The quantitative estimate of drug-likeness (QED) is 0.778. The molecule has 4 heteroatoms. The molecule has 0 aliphatic carbocycles. The third-order valence-corrected chi connectivity index (χ3v) is 3.96. The van der Waals surface area contributed by atoms with Gasteiger partial charge in [-0.3, -0.25) is 0 Å². The lowest BCUT2D eigenvalue weighted by atomic mass is 9.87. The minimum absolute atomic E-state index is 0.0759. The molecule has 0 bridgehead atoms. The average molecular weight is 341 g/mol. The van der Waals surface area contributed by atoms with Crippen molar-refractivity contribution in [1.29, 1.82) is 0 Å². The van der Waals surface area contributed by atoms with E-state index in [0.717, 1.165) is 18.7 Å². The summed E-state index contributed by atoms with van der Waals surface area (Å²) in [6.45, 7) is 8.11. The number of hydrogen-bond donors (Lipinski definition) is 1. The SMILES string of the molecule is COC(=O)COc1cccc(CNCc2ccc(C(C)(C)C)cc2)c1. The van der Waals surface area contributed by atoms with Crippen molar-refractivity contribution in [3.8, 4) is 5.75 Å². The fourth-order valence-corrected chi connectivity index (χ4v) is 2.42. The number of hydrogen-bond acceptors (Lipinski definition) is 4. The normalized spacial score (nSPS) is 11.2. The fourth-order valence-electron chi connectivity index (χ4n) is 2.42. The Labute approximate surface area is 150 Å². The molecule has 0 aromatic heterocycles. The second-order valence-electron chi connectivity index (χ2n) is 7.06. The third kappa shape index (κ3) is 6.24. The van der Waals surface area contributed by atoms with Crippen molar-refractivity contribution in [3.63, 3.8) is 0 Å². The minimum Gasteiger partial charge on any atom is -0.482 e. The molecule has 0 saturated heterocycles. The lowest BCUT2D eigenvalue weighted by Crippen LogP contribution is -2.15. The summed E-state index contributed by atoms with van der Waals surface area (Å²) in [5.74, 6) is 0.279. The second kappa shape index (κ2) is 8.67. The summed E-state index contributed by atoms with van der Waals surface area (Å²) >= 11 is 0. The van der Waals surface area contributed by atoms with Gasteiger partial charge in [0, 0.05) is 13.1 Å². The van der Waals surface area contributed by atoms with Gasteiger partial charge in [-0.25, -0.2) is 4.79 Å². The second-order valence-corrected chi connectivity index (χ2v) is 7.06. The maximum absolute atomic E-state index is 11.1. The summed E-state index contributed by atoms with van der Waals surface area (Å²) in [4.78, 5) is 11.1. The van der Waals surface area contributed by atoms with Gasteiger partial charge in [0.05, 0.1) is 7.11 Å². The third-order valence-electron chi connectivity index (χ3n) is 3.96. The molecule has 0 heterocycles. The van der Waals surface area contributed by atoms with Crippen LogP contribution in [0.5, 0.6) is 5.75 Å². The van der Waals surface area contributed by atoms with Gasteiger partial charge in [-0.05, 0) is 34.2 Å². The molecular weight excluding hydrogens is 314 g/mol. The van der Waals surface area contributed by atoms with E-state index in [4.69, 9.17) is 4.74 Å². The molecule has 0 atom stereocenters. The number of carbonyl (C=O) groups is 1. The zero-order valence-electron chi connectivity index (χ0n) is 15.5. The number of rotatable bonds is 7. The highest BCUT2D eigenvalue weighted by atomic mass is 16.6. The van der Waals surface area contributed by atoms with Gasteiger partial charge in [0.25, 0.3) is 0 Å². The summed E-state index contributed by atoms with van der Waals surface area (Å²) in [5.41, 5.74) is 3.88. The molecule has 1 N–H and O–H groups in total. The first-order valence-electron chi connectivity index (χ1n) is 8.47. The number of esters is 1. The Bertz CT molecular complexity index is 687. The van der Waals surface area contributed by atoms with Crippen molar-refractivity contribution in [2.45, 2.75) is 39.3 Å². The van der Waals surface area contributed by atoms with Crippen LogP contribution in [0.2, 0.25) is 0 Å². The van der Waals surface area contributed by atoms with Crippen LogP contribution in [0.25, 0.3) is 0 Å². The predicted molar refractivity (Wildman–Crippen MR) is 99.6 cm³/mol. The molecule has 2 rings (SSSR count). The molecule has 2 aromatic carbocycles. The number of nitrogens with one attached hydrogen (secondary N) is 1. The first-order chi connectivity index (χ1) is 11.9. The molecule has 0 aliphatic rings. The first-order valence-corrected chi connectivity index (χ1v) is 8.47. The van der Waals surface area contributed by atoms with E-state index < -0.39 is 0 Å². The van der Waals surface area contributed by atoms with Crippen LogP contribution in [0.1, 0.15) is 37.5 Å². The number of benzene rings is 2. The molecule has 0 aliphatic heterocycles. The van der Waals surface area contributed by atoms with E-state index in [9.17, 15) is 4.79 Å². The number of carbonyl (C=O) groups excluding carboxylic acids is 1.